The van der Waals surface area contributed by atoms with Crippen molar-refractivity contribution in [3.05, 3.63) is 0 Å². The molecule has 1 heterocycles. The summed E-state index contributed by atoms with van der Waals surface area (Å²) in [5, 5.41) is 25.7. The van der Waals surface area contributed by atoms with Gasteiger partial charge in [-0.3, -0.25) is 9.59 Å². The summed E-state index contributed by atoms with van der Waals surface area (Å²) < 4.78 is 12.1. The molecule has 0 saturated carbocycles. The van der Waals surface area contributed by atoms with E-state index in [2.05, 4.69) is 19.2 Å². The van der Waals surface area contributed by atoms with Crippen LogP contribution in [0.25, 0.3) is 0 Å². The van der Waals surface area contributed by atoms with Gasteiger partial charge in [-0.2, -0.15) is 0 Å². The van der Waals surface area contributed by atoms with Gasteiger partial charge >= 0.3 is 5.97 Å². The number of nitrogens with zero attached hydrogens (tertiary/aromatic N) is 1. The molecule has 0 aromatic heterocycles. The van der Waals surface area contributed by atoms with Crippen molar-refractivity contribution in [3.63, 3.8) is 0 Å². The van der Waals surface area contributed by atoms with Crippen LogP contribution in [0.3, 0.4) is 0 Å². The van der Waals surface area contributed by atoms with Crippen molar-refractivity contribution in [2.24, 2.45) is 29.4 Å². The lowest BCUT2D eigenvalue weighted by molar-refractivity contribution is -0.189. The Balaban J connectivity index is 3.32. The van der Waals surface area contributed by atoms with Crippen molar-refractivity contribution in [2.75, 3.05) is 39.8 Å². The summed E-state index contributed by atoms with van der Waals surface area (Å²) in [5.41, 5.74) is 3.27. The molecule has 1 aliphatic rings. The van der Waals surface area contributed by atoms with Crippen LogP contribution in [0.2, 0.25) is 0 Å². The number of carbonyl (C=O) groups excluding carboxylic acids is 2. The maximum absolute atomic E-state index is 13.4. The van der Waals surface area contributed by atoms with Crippen molar-refractivity contribution < 1.29 is 29.3 Å². The second-order valence-corrected chi connectivity index (χ2v) is 11.7. The quantitative estimate of drug-likeness (QED) is 0.211. The number of cyclic esters (lactones) is 1. The van der Waals surface area contributed by atoms with Gasteiger partial charge in [0.05, 0.1) is 12.2 Å². The first-order valence-corrected chi connectivity index (χ1v) is 14.0. The molecule has 9 nitrogen and oxygen atoms in total. The first kappa shape index (κ1) is 33.9. The second kappa shape index (κ2) is 14.9. The molecule has 5 N–H and O–H groups in total. The lowest BCUT2D eigenvalue weighted by Gasteiger charge is -2.43. The lowest BCUT2D eigenvalue weighted by atomic mass is 9.73. The molecule has 1 fully saturated rings. The highest BCUT2D eigenvalue weighted by molar-refractivity contribution is 5.99. The van der Waals surface area contributed by atoms with Gasteiger partial charge in [-0.15, -0.1) is 0 Å². The molecule has 9 heteroatoms. The molecule has 1 rings (SSSR count). The van der Waals surface area contributed by atoms with E-state index in [0.717, 1.165) is 13.0 Å². The Morgan fingerprint density at radius 1 is 1.16 bits per heavy atom. The number of nitrogens with one attached hydrogen (secondary N) is 1. The topological polar surface area (TPSA) is 134 Å². The second-order valence-electron chi connectivity index (χ2n) is 11.7. The average molecular weight is 530 g/mol. The number of carbonyl (C=O) groups is 2. The predicted molar refractivity (Wildman–Crippen MR) is 146 cm³/mol. The van der Waals surface area contributed by atoms with E-state index in [4.69, 9.17) is 15.2 Å². The van der Waals surface area contributed by atoms with E-state index in [1.807, 2.05) is 32.7 Å². The van der Waals surface area contributed by atoms with Crippen LogP contribution in [0.1, 0.15) is 74.7 Å². The number of nitrogens with two attached hydrogens (primary N) is 1. The smallest absolute Gasteiger partial charge is 0.316 e. The summed E-state index contributed by atoms with van der Waals surface area (Å²) in [7, 11) is 1.92. The maximum Gasteiger partial charge on any atom is 0.316 e. The van der Waals surface area contributed by atoms with Gasteiger partial charge in [-0.05, 0) is 78.9 Å². The van der Waals surface area contributed by atoms with Crippen molar-refractivity contribution in [1.82, 2.24) is 10.2 Å². The Labute approximate surface area is 224 Å². The van der Waals surface area contributed by atoms with E-state index in [0.29, 0.717) is 39.1 Å². The van der Waals surface area contributed by atoms with Crippen LogP contribution in [0.4, 0.5) is 0 Å². The number of aliphatic hydroxyl groups excluding tert-OH is 1. The Hall–Kier alpha value is -1.10. The van der Waals surface area contributed by atoms with Gasteiger partial charge in [0.25, 0.3) is 0 Å². The van der Waals surface area contributed by atoms with Crippen LogP contribution in [0.5, 0.6) is 0 Å². The fraction of sp³-hybridized carbons (Fsp3) is 0.929. The predicted octanol–water partition coefficient (Wildman–Crippen LogP) is 1.97. The molecule has 9 atom stereocenters. The molecule has 1 aliphatic heterocycles. The van der Waals surface area contributed by atoms with Crippen molar-refractivity contribution in [2.45, 2.75) is 104 Å². The number of rotatable bonds is 8. The Bertz CT molecular complexity index is 720. The summed E-state index contributed by atoms with van der Waals surface area (Å²) in [4.78, 5) is 28.5. The van der Waals surface area contributed by atoms with Gasteiger partial charge in [-0.25, -0.2) is 0 Å². The summed E-state index contributed by atoms with van der Waals surface area (Å²) >= 11 is 0. The van der Waals surface area contributed by atoms with E-state index in [9.17, 15) is 19.8 Å². The molecule has 0 aromatic rings. The number of esters is 1. The molecule has 0 amide bonds. The highest BCUT2D eigenvalue weighted by Crippen LogP contribution is 2.36. The standard InChI is InChI=1S/C28H55N3O6/c1-10-23-28(8,35)25(33)22(6)31(9)17-18(2)16-27(7,36-15-14-30-13-11-12-29)21(5)19(3)24(32)20(4)26(34)37-23/h18-23,25,30,33,35H,10-17,29H2,1-9H3/t18-,19-,20-,21-,22-,23-,25-,27-,28-/m1/s1. The van der Waals surface area contributed by atoms with Crippen molar-refractivity contribution in [1.29, 1.82) is 0 Å². The number of aliphatic hydroxyl groups is 2. The molecule has 218 valence electrons. The molecular formula is C28H55N3O6. The monoisotopic (exact) mass is 529 g/mol. The summed E-state index contributed by atoms with van der Waals surface area (Å²) in [5.74, 6) is -2.32. The summed E-state index contributed by atoms with van der Waals surface area (Å²) in [6.07, 6.45) is -0.225. The average Bonchev–Trinajstić information content (AvgIpc) is 2.85. The van der Waals surface area contributed by atoms with Gasteiger partial charge in [0.1, 0.15) is 29.5 Å². The number of hydrogen-bond acceptors (Lipinski definition) is 9. The number of Topliss-reactive ketones (excluding diaryl/α,β-unsaturated/α-hetero) is 1. The van der Waals surface area contributed by atoms with E-state index < -0.39 is 47.3 Å². The minimum Gasteiger partial charge on any atom is -0.459 e. The molecule has 0 aliphatic carbocycles. The highest BCUT2D eigenvalue weighted by Gasteiger charge is 2.47. The normalized spacial score (nSPS) is 39.6. The zero-order valence-electron chi connectivity index (χ0n) is 24.8. The fourth-order valence-electron chi connectivity index (χ4n) is 5.56. The van der Waals surface area contributed by atoms with Gasteiger partial charge in [-0.1, -0.05) is 27.7 Å². The Morgan fingerprint density at radius 2 is 1.78 bits per heavy atom. The van der Waals surface area contributed by atoms with Crippen LogP contribution >= 0.6 is 0 Å². The van der Waals surface area contributed by atoms with Crippen LogP contribution in [-0.4, -0.2) is 96.2 Å². The van der Waals surface area contributed by atoms with Crippen molar-refractivity contribution in [3.8, 4) is 0 Å². The van der Waals surface area contributed by atoms with Gasteiger partial charge in [0.15, 0.2) is 0 Å². The highest BCUT2D eigenvalue weighted by atomic mass is 16.6. The minimum absolute atomic E-state index is 0.162. The molecular weight excluding hydrogens is 474 g/mol. The molecule has 0 unspecified atom stereocenters. The maximum atomic E-state index is 13.4. The van der Waals surface area contributed by atoms with E-state index >= 15 is 0 Å². The minimum atomic E-state index is -1.68. The number of ketones is 1. The summed E-state index contributed by atoms with van der Waals surface area (Å²) in [6.45, 7) is 18.0. The third-order valence-corrected chi connectivity index (χ3v) is 8.60. The zero-order chi connectivity index (χ0) is 28.6. The first-order chi connectivity index (χ1) is 17.1. The van der Waals surface area contributed by atoms with Crippen LogP contribution in [-0.2, 0) is 19.1 Å². The molecule has 0 bridgehead atoms. The largest absolute Gasteiger partial charge is 0.459 e. The summed E-state index contributed by atoms with van der Waals surface area (Å²) in [6, 6.07) is -0.398. The number of likely N-dealkylation sites (N-methyl/N-ethyl adjacent to an activating group) is 1. The van der Waals surface area contributed by atoms with Crippen LogP contribution in [0, 0.1) is 23.7 Å². The fourth-order valence-corrected chi connectivity index (χ4v) is 5.56. The molecule has 1 saturated heterocycles. The van der Waals surface area contributed by atoms with Crippen LogP contribution in [0.15, 0.2) is 0 Å². The van der Waals surface area contributed by atoms with Crippen molar-refractivity contribution >= 4 is 11.8 Å². The lowest BCUT2D eigenvalue weighted by Crippen LogP contribution is -2.59. The third-order valence-electron chi connectivity index (χ3n) is 8.60. The number of hydrogen-bond donors (Lipinski definition) is 4. The first-order valence-electron chi connectivity index (χ1n) is 14.0. The Kier molecular flexibility index (Phi) is 13.7. The molecule has 37 heavy (non-hydrogen) atoms. The van der Waals surface area contributed by atoms with Gasteiger partial charge < -0.3 is 35.6 Å². The van der Waals surface area contributed by atoms with Gasteiger partial charge in [0, 0.05) is 25.0 Å². The zero-order valence-corrected chi connectivity index (χ0v) is 24.8. The molecule has 0 spiro atoms. The third kappa shape index (κ3) is 8.97. The van der Waals surface area contributed by atoms with Crippen LogP contribution < -0.4 is 11.1 Å². The van der Waals surface area contributed by atoms with Gasteiger partial charge in [0.2, 0.25) is 0 Å². The molecule has 0 radical (unpaired) electrons. The Morgan fingerprint density at radius 3 is 2.35 bits per heavy atom. The molecule has 0 aromatic carbocycles. The van der Waals surface area contributed by atoms with E-state index in [-0.39, 0.29) is 17.6 Å². The van der Waals surface area contributed by atoms with E-state index in [1.54, 1.807) is 13.8 Å². The van der Waals surface area contributed by atoms with E-state index in [1.165, 1.54) is 6.92 Å². The number of ether oxygens (including phenoxy) is 2. The SMILES string of the molecule is CC[C@H]1OC(=O)[C@H](C)C(=O)[C@H](C)[C@@H](C)[C@](C)(OCCNCCCN)C[C@@H](C)CN(C)[C@H](C)[C@@H](O)[C@]1(C)O.